The number of benzene rings is 2. The Balaban J connectivity index is 1.83. The lowest BCUT2D eigenvalue weighted by Gasteiger charge is -2.12. The normalized spacial score (nSPS) is 10.4. The van der Waals surface area contributed by atoms with Crippen LogP contribution in [0.15, 0.2) is 30.3 Å². The third-order valence-electron chi connectivity index (χ3n) is 3.68. The molecule has 2 rings (SSSR count). The van der Waals surface area contributed by atoms with Crippen LogP contribution in [0.25, 0.3) is 0 Å². The van der Waals surface area contributed by atoms with Crippen molar-refractivity contribution in [3.8, 4) is 5.75 Å². The van der Waals surface area contributed by atoms with Crippen molar-refractivity contribution in [1.82, 2.24) is 0 Å². The van der Waals surface area contributed by atoms with Crippen molar-refractivity contribution < 1.29 is 14.3 Å². The molecule has 0 fully saturated rings. The molecule has 2 N–H and O–H groups in total. The molecular weight excluding hydrogens is 407 g/mol. The maximum absolute atomic E-state index is 12.1. The number of rotatable bonds is 7. The van der Waals surface area contributed by atoms with E-state index in [2.05, 4.69) is 10.6 Å². The van der Waals surface area contributed by atoms with Crippen molar-refractivity contribution >= 4 is 58.2 Å². The highest BCUT2D eigenvalue weighted by Crippen LogP contribution is 2.31. The number of hydrogen-bond acceptors (Lipinski definition) is 4. The summed E-state index contributed by atoms with van der Waals surface area (Å²) in [5.41, 5.74) is 2.94. The first-order valence-electron chi connectivity index (χ1n) is 8.08. The van der Waals surface area contributed by atoms with Crippen LogP contribution in [0.2, 0.25) is 10.0 Å². The van der Waals surface area contributed by atoms with Crippen LogP contribution in [0, 0.1) is 13.8 Å². The van der Waals surface area contributed by atoms with E-state index >= 15 is 0 Å². The highest BCUT2D eigenvalue weighted by atomic mass is 35.5. The molecule has 0 aliphatic carbocycles. The standard InChI is InChI=1S/C19H20Cl2N2O3S/c1-11-4-5-13(7-14(11)20)22-18(24)9-27-10-19(25)23-16-6-12(2)15(21)8-17(16)26-3/h4-8H,9-10H2,1-3H3,(H,22,24)(H,23,25). The minimum atomic E-state index is -0.230. The third kappa shape index (κ3) is 6.34. The van der Waals surface area contributed by atoms with Crippen molar-refractivity contribution in [3.05, 3.63) is 51.5 Å². The molecule has 0 heterocycles. The van der Waals surface area contributed by atoms with Gasteiger partial charge in [-0.1, -0.05) is 29.3 Å². The van der Waals surface area contributed by atoms with Gasteiger partial charge in [-0.3, -0.25) is 9.59 Å². The Morgan fingerprint density at radius 3 is 2.22 bits per heavy atom. The summed E-state index contributed by atoms with van der Waals surface area (Å²) in [7, 11) is 1.51. The number of hydrogen-bond donors (Lipinski definition) is 2. The molecule has 0 aliphatic rings. The average Bonchev–Trinajstić information content (AvgIpc) is 2.61. The van der Waals surface area contributed by atoms with Crippen LogP contribution < -0.4 is 15.4 Å². The van der Waals surface area contributed by atoms with Crippen LogP contribution in [0.3, 0.4) is 0 Å². The van der Waals surface area contributed by atoms with Crippen molar-refractivity contribution in [3.63, 3.8) is 0 Å². The second-order valence-electron chi connectivity index (χ2n) is 5.85. The van der Waals surface area contributed by atoms with Gasteiger partial charge in [-0.15, -0.1) is 11.8 Å². The summed E-state index contributed by atoms with van der Waals surface area (Å²) in [6.45, 7) is 3.73. The fourth-order valence-corrected chi connectivity index (χ4v) is 3.17. The largest absolute Gasteiger partial charge is 0.495 e. The second-order valence-corrected chi connectivity index (χ2v) is 7.65. The van der Waals surface area contributed by atoms with Gasteiger partial charge in [0.15, 0.2) is 0 Å². The van der Waals surface area contributed by atoms with Crippen LogP contribution in [-0.4, -0.2) is 30.4 Å². The monoisotopic (exact) mass is 426 g/mol. The highest BCUT2D eigenvalue weighted by Gasteiger charge is 2.11. The van der Waals surface area contributed by atoms with Gasteiger partial charge in [0, 0.05) is 21.8 Å². The average molecular weight is 427 g/mol. The topological polar surface area (TPSA) is 67.4 Å². The molecule has 5 nitrogen and oxygen atoms in total. The Kier molecular flexibility index (Phi) is 7.83. The predicted octanol–water partition coefficient (Wildman–Crippen LogP) is 4.93. The van der Waals surface area contributed by atoms with Crippen molar-refractivity contribution in [2.24, 2.45) is 0 Å². The van der Waals surface area contributed by atoms with E-state index in [1.165, 1.54) is 18.9 Å². The van der Waals surface area contributed by atoms with Gasteiger partial charge < -0.3 is 15.4 Å². The number of halogens is 2. The molecular formula is C19H20Cl2N2O3S. The Hall–Kier alpha value is -1.89. The van der Waals surface area contributed by atoms with Crippen LogP contribution in [0.5, 0.6) is 5.75 Å². The van der Waals surface area contributed by atoms with E-state index in [4.69, 9.17) is 27.9 Å². The second kappa shape index (κ2) is 9.88. The zero-order valence-corrected chi connectivity index (χ0v) is 17.5. The van der Waals surface area contributed by atoms with Crippen LogP contribution in [-0.2, 0) is 9.59 Å². The predicted molar refractivity (Wildman–Crippen MR) is 114 cm³/mol. The molecule has 2 aromatic carbocycles. The van der Waals surface area contributed by atoms with E-state index in [9.17, 15) is 9.59 Å². The number of aryl methyl sites for hydroxylation is 2. The molecule has 27 heavy (non-hydrogen) atoms. The molecule has 0 unspecified atom stereocenters. The lowest BCUT2D eigenvalue weighted by molar-refractivity contribution is -0.114. The quantitative estimate of drug-likeness (QED) is 0.658. The fraction of sp³-hybridized carbons (Fsp3) is 0.263. The van der Waals surface area contributed by atoms with Gasteiger partial charge in [0.25, 0.3) is 0 Å². The molecule has 0 radical (unpaired) electrons. The number of anilines is 2. The molecule has 144 valence electrons. The lowest BCUT2D eigenvalue weighted by atomic mass is 10.2. The summed E-state index contributed by atoms with van der Waals surface area (Å²) >= 11 is 13.3. The molecule has 0 saturated heterocycles. The van der Waals surface area contributed by atoms with E-state index < -0.39 is 0 Å². The SMILES string of the molecule is COc1cc(Cl)c(C)cc1NC(=O)CSCC(=O)Nc1ccc(C)c(Cl)c1. The first kappa shape index (κ1) is 21.4. The third-order valence-corrected chi connectivity index (χ3v) is 5.42. The van der Waals surface area contributed by atoms with E-state index in [-0.39, 0.29) is 23.3 Å². The van der Waals surface area contributed by atoms with Gasteiger partial charge in [0.1, 0.15) is 5.75 Å². The van der Waals surface area contributed by atoms with Crippen LogP contribution in [0.4, 0.5) is 11.4 Å². The lowest BCUT2D eigenvalue weighted by Crippen LogP contribution is -2.18. The Bertz CT molecular complexity index is 859. The van der Waals surface area contributed by atoms with E-state index in [1.54, 1.807) is 24.3 Å². The van der Waals surface area contributed by atoms with Gasteiger partial charge in [0.05, 0.1) is 24.3 Å². The molecule has 0 saturated carbocycles. The van der Waals surface area contributed by atoms with E-state index in [1.807, 2.05) is 19.9 Å². The summed E-state index contributed by atoms with van der Waals surface area (Å²) in [4.78, 5) is 24.1. The Labute approximate surface area is 172 Å². The number of carbonyl (C=O) groups excluding carboxylic acids is 2. The number of carbonyl (C=O) groups is 2. The van der Waals surface area contributed by atoms with Gasteiger partial charge in [-0.2, -0.15) is 0 Å². The summed E-state index contributed by atoms with van der Waals surface area (Å²) in [5.74, 6) is 0.333. The Morgan fingerprint density at radius 1 is 0.963 bits per heavy atom. The molecule has 8 heteroatoms. The number of thioether (sulfide) groups is 1. The fourth-order valence-electron chi connectivity index (χ4n) is 2.22. The highest BCUT2D eigenvalue weighted by molar-refractivity contribution is 8.00. The zero-order valence-electron chi connectivity index (χ0n) is 15.2. The molecule has 2 amide bonds. The van der Waals surface area contributed by atoms with Crippen LogP contribution in [0.1, 0.15) is 11.1 Å². The van der Waals surface area contributed by atoms with Crippen molar-refractivity contribution in [1.29, 1.82) is 0 Å². The van der Waals surface area contributed by atoms with Crippen molar-refractivity contribution in [2.75, 3.05) is 29.2 Å². The maximum atomic E-state index is 12.1. The molecule has 0 aliphatic heterocycles. The Morgan fingerprint density at radius 2 is 1.59 bits per heavy atom. The van der Waals surface area contributed by atoms with E-state index in [0.29, 0.717) is 27.2 Å². The van der Waals surface area contributed by atoms with Gasteiger partial charge in [0.2, 0.25) is 11.8 Å². The molecule has 0 bridgehead atoms. The van der Waals surface area contributed by atoms with Gasteiger partial charge in [-0.25, -0.2) is 0 Å². The minimum absolute atomic E-state index is 0.132. The maximum Gasteiger partial charge on any atom is 0.234 e. The zero-order chi connectivity index (χ0) is 20.0. The first-order valence-corrected chi connectivity index (χ1v) is 9.99. The van der Waals surface area contributed by atoms with Gasteiger partial charge in [-0.05, 0) is 43.2 Å². The first-order chi connectivity index (χ1) is 12.8. The van der Waals surface area contributed by atoms with Crippen LogP contribution >= 0.6 is 35.0 Å². The molecule has 0 aromatic heterocycles. The summed E-state index contributed by atoms with van der Waals surface area (Å²) in [6, 6.07) is 8.71. The summed E-state index contributed by atoms with van der Waals surface area (Å²) in [6.07, 6.45) is 0. The number of amides is 2. The number of nitrogens with one attached hydrogen (secondary N) is 2. The number of methoxy groups -OCH3 is 1. The summed E-state index contributed by atoms with van der Waals surface area (Å²) in [5, 5.41) is 6.68. The van der Waals surface area contributed by atoms with E-state index in [0.717, 1.165) is 11.1 Å². The smallest absolute Gasteiger partial charge is 0.234 e. The minimum Gasteiger partial charge on any atom is -0.495 e. The van der Waals surface area contributed by atoms with Gasteiger partial charge >= 0.3 is 0 Å². The number of ether oxygens (including phenoxy) is 1. The van der Waals surface area contributed by atoms with Crippen molar-refractivity contribution in [2.45, 2.75) is 13.8 Å². The molecule has 0 atom stereocenters. The molecule has 2 aromatic rings. The summed E-state index contributed by atoms with van der Waals surface area (Å²) < 4.78 is 5.23. The molecule has 0 spiro atoms.